The molecule has 0 unspecified atom stereocenters. The summed E-state index contributed by atoms with van der Waals surface area (Å²) in [6.45, 7) is 7.81. The van der Waals surface area contributed by atoms with Gasteiger partial charge in [-0.1, -0.05) is 58.2 Å². The smallest absolute Gasteiger partial charge is 0.126 e. The number of unbranched alkanes of at least 4 members (excludes halogenated alkanes) is 2. The molecule has 1 heterocycles. The van der Waals surface area contributed by atoms with E-state index in [9.17, 15) is 0 Å². The highest BCUT2D eigenvalue weighted by atomic mass is 16.5. The molecule has 94 valence electrons. The van der Waals surface area contributed by atoms with Crippen molar-refractivity contribution in [1.29, 1.82) is 0 Å². The molecule has 1 nitrogen and oxygen atoms in total. The topological polar surface area (TPSA) is 9.23 Å². The molecular formula is C16H24O. The molecule has 0 spiro atoms. The molecule has 0 fully saturated rings. The van der Waals surface area contributed by atoms with E-state index in [0.717, 1.165) is 13.0 Å². The van der Waals surface area contributed by atoms with Crippen molar-refractivity contribution in [2.45, 2.75) is 58.3 Å². The van der Waals surface area contributed by atoms with Crippen LogP contribution >= 0.6 is 0 Å². The zero-order valence-corrected chi connectivity index (χ0v) is 11.4. The molecule has 0 saturated heterocycles. The Morgan fingerprint density at radius 3 is 2.82 bits per heavy atom. The van der Waals surface area contributed by atoms with Crippen LogP contribution < -0.4 is 4.74 Å². The van der Waals surface area contributed by atoms with Crippen LogP contribution in [0.1, 0.15) is 57.6 Å². The van der Waals surface area contributed by atoms with Gasteiger partial charge >= 0.3 is 0 Å². The van der Waals surface area contributed by atoms with Gasteiger partial charge in [-0.15, -0.1) is 0 Å². The van der Waals surface area contributed by atoms with Crippen LogP contribution in [-0.2, 0) is 11.8 Å². The van der Waals surface area contributed by atoms with Crippen LogP contribution in [0.25, 0.3) is 0 Å². The van der Waals surface area contributed by atoms with Crippen molar-refractivity contribution in [3.63, 3.8) is 0 Å². The first kappa shape index (κ1) is 12.5. The Morgan fingerprint density at radius 2 is 2.06 bits per heavy atom. The van der Waals surface area contributed by atoms with Crippen molar-refractivity contribution in [2.24, 2.45) is 0 Å². The minimum absolute atomic E-state index is 0.241. The highest BCUT2D eigenvalue weighted by molar-refractivity contribution is 5.47. The van der Waals surface area contributed by atoms with Crippen molar-refractivity contribution in [3.8, 4) is 5.75 Å². The van der Waals surface area contributed by atoms with Gasteiger partial charge in [-0.3, -0.25) is 0 Å². The van der Waals surface area contributed by atoms with E-state index >= 15 is 0 Å². The Balaban J connectivity index is 2.18. The van der Waals surface area contributed by atoms with E-state index in [-0.39, 0.29) is 5.41 Å². The van der Waals surface area contributed by atoms with Gasteiger partial charge in [0.05, 0.1) is 6.61 Å². The van der Waals surface area contributed by atoms with Crippen LogP contribution in [0.3, 0.4) is 0 Å². The second-order valence-electron chi connectivity index (χ2n) is 5.73. The van der Waals surface area contributed by atoms with Gasteiger partial charge in [0.15, 0.2) is 0 Å². The largest absolute Gasteiger partial charge is 0.493 e. The minimum Gasteiger partial charge on any atom is -0.493 e. The first-order chi connectivity index (χ1) is 8.15. The van der Waals surface area contributed by atoms with E-state index in [1.54, 1.807) is 0 Å². The maximum absolute atomic E-state index is 5.82. The number of hydrogen-bond acceptors (Lipinski definition) is 1. The molecule has 2 rings (SSSR count). The zero-order chi connectivity index (χ0) is 12.3. The Labute approximate surface area is 105 Å². The van der Waals surface area contributed by atoms with Gasteiger partial charge in [0.25, 0.3) is 0 Å². The number of benzene rings is 1. The first-order valence-corrected chi connectivity index (χ1v) is 6.90. The average Bonchev–Trinajstić information content (AvgIpc) is 2.76. The number of rotatable bonds is 5. The van der Waals surface area contributed by atoms with Gasteiger partial charge in [-0.25, -0.2) is 0 Å². The van der Waals surface area contributed by atoms with Crippen LogP contribution in [0.4, 0.5) is 0 Å². The summed E-state index contributed by atoms with van der Waals surface area (Å²) in [6, 6.07) is 6.63. The van der Waals surface area contributed by atoms with E-state index < -0.39 is 0 Å². The Hall–Kier alpha value is -0.980. The molecule has 1 aliphatic rings. The molecule has 1 aromatic carbocycles. The molecule has 1 aliphatic heterocycles. The molecule has 0 amide bonds. The highest BCUT2D eigenvalue weighted by Crippen LogP contribution is 2.39. The van der Waals surface area contributed by atoms with Crippen molar-refractivity contribution in [1.82, 2.24) is 0 Å². The maximum atomic E-state index is 5.82. The van der Waals surface area contributed by atoms with Gasteiger partial charge in [0.1, 0.15) is 5.75 Å². The summed E-state index contributed by atoms with van der Waals surface area (Å²) in [5.74, 6) is 1.17. The summed E-state index contributed by atoms with van der Waals surface area (Å²) in [6.07, 6.45) is 6.26. The van der Waals surface area contributed by atoms with E-state index in [1.807, 2.05) is 0 Å². The van der Waals surface area contributed by atoms with E-state index in [2.05, 4.69) is 39.0 Å². The summed E-state index contributed by atoms with van der Waals surface area (Å²) in [5, 5.41) is 0. The standard InChI is InChI=1S/C16H24O/c1-4-5-6-11-16(2,3)14-9-7-8-13-10-12-17-15(13)14/h7-9H,4-6,10-12H2,1-3H3. The highest BCUT2D eigenvalue weighted by Gasteiger charge is 2.27. The Bertz CT molecular complexity index is 379. The molecule has 0 N–H and O–H groups in total. The maximum Gasteiger partial charge on any atom is 0.126 e. The molecule has 0 saturated carbocycles. The second-order valence-corrected chi connectivity index (χ2v) is 5.73. The quantitative estimate of drug-likeness (QED) is 0.680. The fourth-order valence-corrected chi connectivity index (χ4v) is 2.70. The zero-order valence-electron chi connectivity index (χ0n) is 11.4. The number of para-hydroxylation sites is 1. The van der Waals surface area contributed by atoms with Gasteiger partial charge < -0.3 is 4.74 Å². The van der Waals surface area contributed by atoms with Crippen LogP contribution in [0, 0.1) is 0 Å². The predicted octanol–water partition coefficient (Wildman–Crippen LogP) is 4.48. The van der Waals surface area contributed by atoms with E-state index in [1.165, 1.54) is 42.6 Å². The lowest BCUT2D eigenvalue weighted by molar-refractivity contribution is 0.340. The lowest BCUT2D eigenvalue weighted by atomic mass is 9.79. The van der Waals surface area contributed by atoms with Gasteiger partial charge in [-0.2, -0.15) is 0 Å². The van der Waals surface area contributed by atoms with Crippen molar-refractivity contribution < 1.29 is 4.74 Å². The van der Waals surface area contributed by atoms with Gasteiger partial charge in [-0.05, 0) is 17.4 Å². The normalized spacial score (nSPS) is 14.5. The average molecular weight is 232 g/mol. The monoisotopic (exact) mass is 232 g/mol. The third-order valence-corrected chi connectivity index (χ3v) is 3.85. The Kier molecular flexibility index (Phi) is 3.76. The fraction of sp³-hybridized carbons (Fsp3) is 0.625. The fourth-order valence-electron chi connectivity index (χ4n) is 2.70. The molecule has 0 atom stereocenters. The predicted molar refractivity (Wildman–Crippen MR) is 72.8 cm³/mol. The molecule has 1 heteroatoms. The minimum atomic E-state index is 0.241. The molecule has 0 bridgehead atoms. The lowest BCUT2D eigenvalue weighted by Gasteiger charge is -2.27. The van der Waals surface area contributed by atoms with E-state index in [0.29, 0.717) is 0 Å². The third-order valence-electron chi connectivity index (χ3n) is 3.85. The summed E-state index contributed by atoms with van der Waals surface area (Å²) in [4.78, 5) is 0. The van der Waals surface area contributed by atoms with Crippen LogP contribution in [0.5, 0.6) is 5.75 Å². The molecule has 0 aromatic heterocycles. The molecule has 0 aliphatic carbocycles. The Morgan fingerprint density at radius 1 is 1.24 bits per heavy atom. The van der Waals surface area contributed by atoms with Crippen LogP contribution in [0.2, 0.25) is 0 Å². The van der Waals surface area contributed by atoms with Crippen molar-refractivity contribution >= 4 is 0 Å². The number of hydrogen-bond donors (Lipinski definition) is 0. The third kappa shape index (κ3) is 2.65. The molecule has 17 heavy (non-hydrogen) atoms. The van der Waals surface area contributed by atoms with Crippen LogP contribution in [-0.4, -0.2) is 6.61 Å². The van der Waals surface area contributed by atoms with Gasteiger partial charge in [0.2, 0.25) is 0 Å². The SMILES string of the molecule is CCCCCC(C)(C)c1cccc2c1OCC2. The summed E-state index contributed by atoms with van der Waals surface area (Å²) < 4.78 is 5.82. The first-order valence-electron chi connectivity index (χ1n) is 6.90. The van der Waals surface area contributed by atoms with Crippen LogP contribution in [0.15, 0.2) is 18.2 Å². The summed E-state index contributed by atoms with van der Waals surface area (Å²) in [5.41, 5.74) is 3.04. The number of fused-ring (bicyclic) bond motifs is 1. The molecular weight excluding hydrogens is 208 g/mol. The molecule has 0 radical (unpaired) electrons. The van der Waals surface area contributed by atoms with Crippen molar-refractivity contribution in [3.05, 3.63) is 29.3 Å². The van der Waals surface area contributed by atoms with Crippen molar-refractivity contribution in [2.75, 3.05) is 6.61 Å². The molecule has 1 aromatic rings. The van der Waals surface area contributed by atoms with E-state index in [4.69, 9.17) is 4.74 Å². The summed E-state index contributed by atoms with van der Waals surface area (Å²) in [7, 11) is 0. The van der Waals surface area contributed by atoms with Gasteiger partial charge in [0, 0.05) is 12.0 Å². The lowest BCUT2D eigenvalue weighted by Crippen LogP contribution is -2.18. The summed E-state index contributed by atoms with van der Waals surface area (Å²) >= 11 is 0. The number of ether oxygens (including phenoxy) is 1. The second kappa shape index (κ2) is 5.12.